The van der Waals surface area contributed by atoms with Crippen molar-refractivity contribution in [1.82, 2.24) is 5.43 Å². The van der Waals surface area contributed by atoms with Gasteiger partial charge in [0.1, 0.15) is 5.82 Å². The standard InChI is InChI=1S/C10H12FN3O/c1-6-5-8(3-4-9(6)11)7(2)13-14-10(12)15/h3-5H,1-2H3,(H3,12,14,15). The molecule has 0 unspecified atom stereocenters. The lowest BCUT2D eigenvalue weighted by atomic mass is 10.1. The van der Waals surface area contributed by atoms with E-state index in [9.17, 15) is 9.18 Å². The Hall–Kier alpha value is -1.91. The lowest BCUT2D eigenvalue weighted by molar-refractivity contribution is 0.249. The normalized spacial score (nSPS) is 11.3. The molecule has 3 N–H and O–H groups in total. The smallest absolute Gasteiger partial charge is 0.332 e. The molecule has 0 aliphatic rings. The zero-order valence-corrected chi connectivity index (χ0v) is 8.54. The number of hydrogen-bond acceptors (Lipinski definition) is 2. The van der Waals surface area contributed by atoms with Gasteiger partial charge in [-0.15, -0.1) is 0 Å². The summed E-state index contributed by atoms with van der Waals surface area (Å²) in [5, 5.41) is 3.73. The summed E-state index contributed by atoms with van der Waals surface area (Å²) in [5.41, 5.74) is 8.80. The van der Waals surface area contributed by atoms with Crippen LogP contribution in [-0.4, -0.2) is 11.7 Å². The van der Waals surface area contributed by atoms with Crippen molar-refractivity contribution in [3.8, 4) is 0 Å². The third-order valence-corrected chi connectivity index (χ3v) is 1.91. The van der Waals surface area contributed by atoms with Crippen molar-refractivity contribution in [2.45, 2.75) is 13.8 Å². The minimum Gasteiger partial charge on any atom is -0.350 e. The van der Waals surface area contributed by atoms with Crippen molar-refractivity contribution in [2.24, 2.45) is 10.8 Å². The molecule has 0 radical (unpaired) electrons. The maximum absolute atomic E-state index is 12.9. The molecule has 80 valence electrons. The number of nitrogens with one attached hydrogen (secondary N) is 1. The summed E-state index contributed by atoms with van der Waals surface area (Å²) >= 11 is 0. The van der Waals surface area contributed by atoms with E-state index in [1.807, 2.05) is 0 Å². The molecule has 2 amide bonds. The first kappa shape index (κ1) is 11.2. The average Bonchev–Trinajstić information content (AvgIpc) is 2.18. The molecular formula is C10H12FN3O. The number of halogens is 1. The van der Waals surface area contributed by atoms with E-state index in [1.54, 1.807) is 26.0 Å². The van der Waals surface area contributed by atoms with Gasteiger partial charge in [0.05, 0.1) is 5.71 Å². The molecule has 0 saturated carbocycles. The minimum atomic E-state index is -0.729. The van der Waals surface area contributed by atoms with Crippen molar-refractivity contribution >= 4 is 11.7 Å². The van der Waals surface area contributed by atoms with Gasteiger partial charge in [0.15, 0.2) is 0 Å². The summed E-state index contributed by atoms with van der Waals surface area (Å²) in [6.07, 6.45) is 0. The Kier molecular flexibility index (Phi) is 3.38. The second-order valence-electron chi connectivity index (χ2n) is 3.14. The molecule has 0 heterocycles. The Bertz CT molecular complexity index is 415. The van der Waals surface area contributed by atoms with Crippen LogP contribution in [-0.2, 0) is 0 Å². The Balaban J connectivity index is 2.91. The van der Waals surface area contributed by atoms with Crippen LogP contribution in [0.25, 0.3) is 0 Å². The van der Waals surface area contributed by atoms with E-state index in [1.165, 1.54) is 6.07 Å². The van der Waals surface area contributed by atoms with Gasteiger partial charge in [-0.2, -0.15) is 5.10 Å². The molecule has 0 aromatic heterocycles. The molecule has 15 heavy (non-hydrogen) atoms. The van der Waals surface area contributed by atoms with Gasteiger partial charge in [-0.25, -0.2) is 14.6 Å². The number of nitrogens with zero attached hydrogens (tertiary/aromatic N) is 1. The van der Waals surface area contributed by atoms with Crippen molar-refractivity contribution < 1.29 is 9.18 Å². The number of nitrogens with two attached hydrogens (primary N) is 1. The van der Waals surface area contributed by atoms with Crippen LogP contribution in [0.15, 0.2) is 23.3 Å². The topological polar surface area (TPSA) is 67.5 Å². The fraction of sp³-hybridized carbons (Fsp3) is 0.200. The van der Waals surface area contributed by atoms with E-state index in [2.05, 4.69) is 10.5 Å². The lowest BCUT2D eigenvalue weighted by Crippen LogP contribution is -2.25. The second-order valence-corrected chi connectivity index (χ2v) is 3.14. The predicted molar refractivity (Wildman–Crippen MR) is 56.1 cm³/mol. The van der Waals surface area contributed by atoms with E-state index in [-0.39, 0.29) is 5.82 Å². The number of carbonyl (C=O) groups excluding carboxylic acids is 1. The first-order valence-corrected chi connectivity index (χ1v) is 4.37. The number of rotatable bonds is 2. The largest absolute Gasteiger partial charge is 0.350 e. The number of hydrazone groups is 1. The Morgan fingerprint density at radius 3 is 2.73 bits per heavy atom. The molecule has 0 aliphatic carbocycles. The molecule has 1 aromatic rings. The van der Waals surface area contributed by atoms with E-state index >= 15 is 0 Å². The molecule has 0 spiro atoms. The van der Waals surface area contributed by atoms with Crippen molar-refractivity contribution in [2.75, 3.05) is 0 Å². The first-order valence-electron chi connectivity index (χ1n) is 4.37. The van der Waals surface area contributed by atoms with Gasteiger partial charge in [0.2, 0.25) is 0 Å². The third kappa shape index (κ3) is 3.05. The molecule has 0 bridgehead atoms. The van der Waals surface area contributed by atoms with Gasteiger partial charge in [-0.3, -0.25) is 0 Å². The maximum atomic E-state index is 12.9. The number of amides is 2. The van der Waals surface area contributed by atoms with Gasteiger partial charge in [-0.05, 0) is 37.1 Å². The van der Waals surface area contributed by atoms with Gasteiger partial charge in [-0.1, -0.05) is 6.07 Å². The zero-order chi connectivity index (χ0) is 11.4. The molecule has 0 saturated heterocycles. The van der Waals surface area contributed by atoms with Crippen LogP contribution < -0.4 is 11.2 Å². The highest BCUT2D eigenvalue weighted by atomic mass is 19.1. The first-order chi connectivity index (χ1) is 7.00. The summed E-state index contributed by atoms with van der Waals surface area (Å²) < 4.78 is 12.9. The summed E-state index contributed by atoms with van der Waals surface area (Å²) in [7, 11) is 0. The highest BCUT2D eigenvalue weighted by Gasteiger charge is 2.01. The average molecular weight is 209 g/mol. The quantitative estimate of drug-likeness (QED) is 0.563. The fourth-order valence-corrected chi connectivity index (χ4v) is 1.07. The van der Waals surface area contributed by atoms with E-state index in [0.29, 0.717) is 11.3 Å². The number of primary amides is 1. The fourth-order valence-electron chi connectivity index (χ4n) is 1.07. The van der Waals surface area contributed by atoms with Gasteiger partial charge in [0, 0.05) is 0 Å². The Labute approximate surface area is 87.0 Å². The zero-order valence-electron chi connectivity index (χ0n) is 8.54. The number of urea groups is 1. The van der Waals surface area contributed by atoms with Crippen LogP contribution in [0.1, 0.15) is 18.1 Å². The summed E-state index contributed by atoms with van der Waals surface area (Å²) in [4.78, 5) is 10.4. The van der Waals surface area contributed by atoms with Crippen LogP contribution in [0.5, 0.6) is 0 Å². The van der Waals surface area contributed by atoms with Crippen LogP contribution in [0.2, 0.25) is 0 Å². The number of hydrogen-bond donors (Lipinski definition) is 2. The summed E-state index contributed by atoms with van der Waals surface area (Å²) in [6.45, 7) is 3.36. The number of benzene rings is 1. The number of carbonyl (C=O) groups is 1. The van der Waals surface area contributed by atoms with Crippen LogP contribution in [0.4, 0.5) is 9.18 Å². The Morgan fingerprint density at radius 2 is 2.20 bits per heavy atom. The predicted octanol–water partition coefficient (Wildman–Crippen LogP) is 1.53. The molecule has 0 aliphatic heterocycles. The summed E-state index contributed by atoms with van der Waals surface area (Å²) in [6, 6.07) is 3.86. The molecule has 0 fully saturated rings. The second kappa shape index (κ2) is 4.54. The van der Waals surface area contributed by atoms with Crippen LogP contribution in [0.3, 0.4) is 0 Å². The molecule has 1 rings (SSSR count). The van der Waals surface area contributed by atoms with Crippen molar-refractivity contribution in [3.05, 3.63) is 35.1 Å². The molecule has 1 aromatic carbocycles. The molecule has 0 atom stereocenters. The number of aryl methyl sites for hydroxylation is 1. The van der Waals surface area contributed by atoms with E-state index < -0.39 is 6.03 Å². The molecule has 5 heteroatoms. The highest BCUT2D eigenvalue weighted by molar-refractivity contribution is 5.99. The van der Waals surface area contributed by atoms with Gasteiger partial charge >= 0.3 is 6.03 Å². The van der Waals surface area contributed by atoms with Crippen LogP contribution >= 0.6 is 0 Å². The minimum absolute atomic E-state index is 0.269. The molecule has 4 nitrogen and oxygen atoms in total. The van der Waals surface area contributed by atoms with E-state index in [0.717, 1.165) is 5.56 Å². The van der Waals surface area contributed by atoms with Crippen molar-refractivity contribution in [3.63, 3.8) is 0 Å². The Morgan fingerprint density at radius 1 is 1.53 bits per heavy atom. The van der Waals surface area contributed by atoms with Gasteiger partial charge < -0.3 is 5.73 Å². The van der Waals surface area contributed by atoms with Crippen molar-refractivity contribution in [1.29, 1.82) is 0 Å². The lowest BCUT2D eigenvalue weighted by Gasteiger charge is -2.03. The molecular weight excluding hydrogens is 197 g/mol. The highest BCUT2D eigenvalue weighted by Crippen LogP contribution is 2.09. The van der Waals surface area contributed by atoms with Gasteiger partial charge in [0.25, 0.3) is 0 Å². The monoisotopic (exact) mass is 209 g/mol. The SMILES string of the molecule is CC(=NNC(N)=O)c1ccc(F)c(C)c1. The van der Waals surface area contributed by atoms with Crippen LogP contribution in [0, 0.1) is 12.7 Å². The maximum Gasteiger partial charge on any atom is 0.332 e. The van der Waals surface area contributed by atoms with E-state index in [4.69, 9.17) is 5.73 Å². The third-order valence-electron chi connectivity index (χ3n) is 1.91. The summed E-state index contributed by atoms with van der Waals surface area (Å²) in [5.74, 6) is -0.269.